The maximum absolute atomic E-state index is 5.73. The van der Waals surface area contributed by atoms with Gasteiger partial charge in [0, 0.05) is 17.0 Å². The highest BCUT2D eigenvalue weighted by Crippen LogP contribution is 2.49. The minimum Gasteiger partial charge on any atom is -0.327 e. The fourth-order valence-corrected chi connectivity index (χ4v) is 2.97. The van der Waals surface area contributed by atoms with Gasteiger partial charge in [-0.15, -0.1) is 0 Å². The molecule has 1 saturated carbocycles. The van der Waals surface area contributed by atoms with Crippen molar-refractivity contribution >= 4 is 11.8 Å². The van der Waals surface area contributed by atoms with E-state index in [1.165, 1.54) is 12.0 Å². The summed E-state index contributed by atoms with van der Waals surface area (Å²) in [5.41, 5.74) is 7.23. The second-order valence-electron chi connectivity index (χ2n) is 4.10. The Hall–Kier alpha value is -0.470. The molecule has 0 radical (unpaired) electrons. The molecule has 0 heterocycles. The Morgan fingerprint density at radius 2 is 2.14 bits per heavy atom. The van der Waals surface area contributed by atoms with E-state index in [0.29, 0.717) is 6.04 Å². The van der Waals surface area contributed by atoms with Gasteiger partial charge in [-0.2, -0.15) is 11.8 Å². The van der Waals surface area contributed by atoms with Crippen molar-refractivity contribution in [2.75, 3.05) is 5.75 Å². The summed E-state index contributed by atoms with van der Waals surface area (Å²) < 4.78 is 0. The third-order valence-electron chi connectivity index (χ3n) is 2.53. The van der Waals surface area contributed by atoms with E-state index < -0.39 is 0 Å². The van der Waals surface area contributed by atoms with E-state index in [0.717, 1.165) is 16.9 Å². The number of hydrogen-bond donors (Lipinski definition) is 1. The molecule has 2 N–H and O–H groups in total. The van der Waals surface area contributed by atoms with Crippen LogP contribution in [0.3, 0.4) is 0 Å². The van der Waals surface area contributed by atoms with Crippen molar-refractivity contribution in [3.8, 4) is 0 Å². The van der Waals surface area contributed by atoms with Crippen LogP contribution in [0.4, 0.5) is 0 Å². The molecule has 0 spiro atoms. The molecule has 3 unspecified atom stereocenters. The summed E-state index contributed by atoms with van der Waals surface area (Å²) in [5.74, 6) is 1.88. The Balaban J connectivity index is 1.82. The fourth-order valence-electron chi connectivity index (χ4n) is 1.68. The van der Waals surface area contributed by atoms with E-state index in [2.05, 4.69) is 37.3 Å². The molecule has 2 rings (SSSR count). The lowest BCUT2D eigenvalue weighted by Crippen LogP contribution is -2.17. The maximum atomic E-state index is 5.73. The predicted octanol–water partition coefficient (Wildman–Crippen LogP) is 2.62. The minimum atomic E-state index is 0.331. The summed E-state index contributed by atoms with van der Waals surface area (Å²) in [4.78, 5) is 0. The van der Waals surface area contributed by atoms with E-state index in [4.69, 9.17) is 5.73 Å². The number of hydrogen-bond acceptors (Lipinski definition) is 2. The second-order valence-corrected chi connectivity index (χ2v) is 5.37. The lowest BCUT2D eigenvalue weighted by molar-refractivity contribution is 0.846. The van der Waals surface area contributed by atoms with Crippen LogP contribution < -0.4 is 5.73 Å². The molecule has 1 aromatic rings. The van der Waals surface area contributed by atoms with E-state index in [-0.39, 0.29) is 0 Å². The molecule has 14 heavy (non-hydrogen) atoms. The SMILES string of the molecule is CC(N)CSC1CC1c1ccccc1. The summed E-state index contributed by atoms with van der Waals surface area (Å²) in [6, 6.07) is 11.1. The van der Waals surface area contributed by atoms with Crippen LogP contribution in [0.2, 0.25) is 0 Å². The first-order valence-corrected chi connectivity index (χ1v) is 6.24. The van der Waals surface area contributed by atoms with Crippen LogP contribution >= 0.6 is 11.8 Å². The van der Waals surface area contributed by atoms with Crippen LogP contribution in [-0.4, -0.2) is 17.0 Å². The summed E-state index contributed by atoms with van der Waals surface area (Å²) >= 11 is 2.03. The molecule has 1 aliphatic rings. The first kappa shape index (κ1) is 10.1. The molecular formula is C12H17NS. The maximum Gasteiger partial charge on any atom is 0.0123 e. The highest BCUT2D eigenvalue weighted by molar-refractivity contribution is 8.00. The number of rotatable bonds is 4. The Labute approximate surface area is 90.1 Å². The van der Waals surface area contributed by atoms with Crippen molar-refractivity contribution in [3.63, 3.8) is 0 Å². The zero-order chi connectivity index (χ0) is 9.97. The predicted molar refractivity (Wildman–Crippen MR) is 63.7 cm³/mol. The van der Waals surface area contributed by atoms with Crippen molar-refractivity contribution in [2.45, 2.75) is 30.6 Å². The van der Waals surface area contributed by atoms with Gasteiger partial charge in [0.15, 0.2) is 0 Å². The van der Waals surface area contributed by atoms with Gasteiger partial charge in [-0.3, -0.25) is 0 Å². The molecule has 1 nitrogen and oxygen atoms in total. The van der Waals surface area contributed by atoms with Crippen LogP contribution in [-0.2, 0) is 0 Å². The van der Waals surface area contributed by atoms with Gasteiger partial charge in [0.25, 0.3) is 0 Å². The number of benzene rings is 1. The average Bonchev–Trinajstić information content (AvgIpc) is 2.95. The zero-order valence-corrected chi connectivity index (χ0v) is 9.34. The van der Waals surface area contributed by atoms with Crippen LogP contribution in [0.15, 0.2) is 30.3 Å². The quantitative estimate of drug-likeness (QED) is 0.821. The van der Waals surface area contributed by atoms with Gasteiger partial charge in [0.2, 0.25) is 0 Å². The summed E-state index contributed by atoms with van der Waals surface area (Å²) in [5, 5.41) is 0.823. The molecule has 0 aliphatic heterocycles. The van der Waals surface area contributed by atoms with Crippen molar-refractivity contribution in [3.05, 3.63) is 35.9 Å². The molecule has 76 valence electrons. The molecular weight excluding hydrogens is 190 g/mol. The largest absolute Gasteiger partial charge is 0.327 e. The molecule has 1 fully saturated rings. The van der Waals surface area contributed by atoms with E-state index >= 15 is 0 Å². The van der Waals surface area contributed by atoms with Crippen LogP contribution in [0.1, 0.15) is 24.8 Å². The number of nitrogens with two attached hydrogens (primary N) is 1. The van der Waals surface area contributed by atoms with Crippen LogP contribution in [0, 0.1) is 0 Å². The van der Waals surface area contributed by atoms with Gasteiger partial charge >= 0.3 is 0 Å². The van der Waals surface area contributed by atoms with Crippen molar-refractivity contribution < 1.29 is 0 Å². The minimum absolute atomic E-state index is 0.331. The Morgan fingerprint density at radius 1 is 1.43 bits per heavy atom. The van der Waals surface area contributed by atoms with Crippen molar-refractivity contribution in [1.29, 1.82) is 0 Å². The average molecular weight is 207 g/mol. The normalized spacial score (nSPS) is 27.3. The number of thioether (sulfide) groups is 1. The molecule has 2 heteroatoms. The van der Waals surface area contributed by atoms with Gasteiger partial charge in [-0.05, 0) is 24.8 Å². The van der Waals surface area contributed by atoms with Gasteiger partial charge in [0.1, 0.15) is 0 Å². The molecule has 0 aromatic heterocycles. The van der Waals surface area contributed by atoms with Gasteiger partial charge in [0.05, 0.1) is 0 Å². The second kappa shape index (κ2) is 4.37. The van der Waals surface area contributed by atoms with Crippen LogP contribution in [0.25, 0.3) is 0 Å². The van der Waals surface area contributed by atoms with E-state index in [1.807, 2.05) is 11.8 Å². The highest BCUT2D eigenvalue weighted by Gasteiger charge is 2.38. The molecule has 3 atom stereocenters. The van der Waals surface area contributed by atoms with E-state index in [9.17, 15) is 0 Å². The van der Waals surface area contributed by atoms with E-state index in [1.54, 1.807) is 0 Å². The lowest BCUT2D eigenvalue weighted by Gasteiger charge is -2.03. The molecule has 0 bridgehead atoms. The summed E-state index contributed by atoms with van der Waals surface area (Å²) in [6.07, 6.45) is 1.33. The van der Waals surface area contributed by atoms with Gasteiger partial charge in [-0.1, -0.05) is 30.3 Å². The first-order chi connectivity index (χ1) is 6.77. The third kappa shape index (κ3) is 2.52. The highest BCUT2D eigenvalue weighted by atomic mass is 32.2. The van der Waals surface area contributed by atoms with Gasteiger partial charge < -0.3 is 5.73 Å². The molecule has 0 amide bonds. The van der Waals surface area contributed by atoms with Gasteiger partial charge in [-0.25, -0.2) is 0 Å². The van der Waals surface area contributed by atoms with Crippen molar-refractivity contribution in [2.24, 2.45) is 5.73 Å². The molecule has 1 aromatic carbocycles. The topological polar surface area (TPSA) is 26.0 Å². The summed E-state index contributed by atoms with van der Waals surface area (Å²) in [6.45, 7) is 2.08. The molecule has 0 saturated heterocycles. The first-order valence-electron chi connectivity index (χ1n) is 5.19. The Morgan fingerprint density at radius 3 is 2.79 bits per heavy atom. The Bertz CT molecular complexity index is 284. The summed E-state index contributed by atoms with van der Waals surface area (Å²) in [7, 11) is 0. The lowest BCUT2D eigenvalue weighted by atomic mass is 10.1. The molecule has 1 aliphatic carbocycles. The fraction of sp³-hybridized carbons (Fsp3) is 0.500. The standard InChI is InChI=1S/C12H17NS/c1-9(13)8-14-12-7-11(12)10-5-3-2-4-6-10/h2-6,9,11-12H,7-8,13H2,1H3. The van der Waals surface area contributed by atoms with Crippen molar-refractivity contribution in [1.82, 2.24) is 0 Å². The Kier molecular flexibility index (Phi) is 3.14. The monoisotopic (exact) mass is 207 g/mol. The smallest absolute Gasteiger partial charge is 0.0123 e. The third-order valence-corrected chi connectivity index (χ3v) is 4.20. The van der Waals surface area contributed by atoms with Crippen LogP contribution in [0.5, 0.6) is 0 Å². The zero-order valence-electron chi connectivity index (χ0n) is 8.52.